The number of hydrogen-bond donors (Lipinski definition) is 0. The van der Waals surface area contributed by atoms with Crippen molar-refractivity contribution in [3.63, 3.8) is 0 Å². The first kappa shape index (κ1) is 14.2. The monoisotopic (exact) mass is 344 g/mol. The average Bonchev–Trinajstić information content (AvgIpc) is 2.78. The minimum absolute atomic E-state index is 0.0883. The van der Waals surface area contributed by atoms with Crippen LogP contribution in [-0.2, 0) is 4.33 Å². The molecule has 0 atom stereocenters. The normalized spacial score (nSPS) is 12.7. The molecule has 0 radical (unpaired) electrons. The van der Waals surface area contributed by atoms with Gasteiger partial charge in [-0.1, -0.05) is 76.2 Å². The number of nitrogens with zero attached hydrogens (tertiary/aromatic N) is 4. The van der Waals surface area contributed by atoms with Crippen LogP contribution in [-0.4, -0.2) is 24.0 Å². The summed E-state index contributed by atoms with van der Waals surface area (Å²) >= 11 is 28.9. The summed E-state index contributed by atoms with van der Waals surface area (Å²) in [5.41, 5.74) is 0.685. The van der Waals surface area contributed by atoms with E-state index in [1.54, 1.807) is 12.1 Å². The Balaban J connectivity index is 2.38. The SMILES string of the molecule is ClC(Cl)(Cl)C(Cl)(Cl)c1nnn(-c2ccccc2)n1. The molecule has 0 amide bonds. The third-order valence-electron chi connectivity index (χ3n) is 2.04. The molecule has 0 saturated carbocycles. The largest absolute Gasteiger partial charge is 0.230 e. The first-order valence-electron chi connectivity index (χ1n) is 4.63. The van der Waals surface area contributed by atoms with E-state index >= 15 is 0 Å². The van der Waals surface area contributed by atoms with Crippen LogP contribution in [0, 0.1) is 0 Å². The minimum Gasteiger partial charge on any atom is -0.131 e. The second kappa shape index (κ2) is 5.02. The summed E-state index contributed by atoms with van der Waals surface area (Å²) in [6.45, 7) is 0. The second-order valence-electron chi connectivity index (χ2n) is 3.31. The highest BCUT2D eigenvalue weighted by Gasteiger charge is 2.51. The molecule has 2 aromatic rings. The van der Waals surface area contributed by atoms with Gasteiger partial charge in [0, 0.05) is 0 Å². The molecule has 0 saturated heterocycles. The molecule has 0 aliphatic carbocycles. The number of alkyl halides is 5. The molecule has 0 fully saturated rings. The number of aromatic nitrogens is 4. The van der Waals surface area contributed by atoms with E-state index in [-0.39, 0.29) is 5.82 Å². The Hall–Kier alpha value is -0.260. The van der Waals surface area contributed by atoms with Gasteiger partial charge in [0.15, 0.2) is 0 Å². The maximum Gasteiger partial charge on any atom is 0.230 e. The van der Waals surface area contributed by atoms with E-state index in [1.165, 1.54) is 4.80 Å². The van der Waals surface area contributed by atoms with Crippen LogP contribution in [0.25, 0.3) is 5.69 Å². The molecular weight excluding hydrogens is 341 g/mol. The van der Waals surface area contributed by atoms with Gasteiger partial charge in [-0.15, -0.1) is 15.0 Å². The van der Waals surface area contributed by atoms with E-state index in [9.17, 15) is 0 Å². The van der Waals surface area contributed by atoms with Crippen molar-refractivity contribution in [2.24, 2.45) is 0 Å². The number of tetrazole rings is 1. The van der Waals surface area contributed by atoms with Crippen molar-refractivity contribution in [3.8, 4) is 5.69 Å². The lowest BCUT2D eigenvalue weighted by Crippen LogP contribution is -2.29. The van der Waals surface area contributed by atoms with Gasteiger partial charge < -0.3 is 0 Å². The van der Waals surface area contributed by atoms with E-state index < -0.39 is 8.13 Å². The Morgan fingerprint density at radius 3 is 2.11 bits per heavy atom. The minimum atomic E-state index is -1.97. The molecule has 4 nitrogen and oxygen atoms in total. The van der Waals surface area contributed by atoms with Gasteiger partial charge >= 0.3 is 0 Å². The molecule has 0 bridgehead atoms. The fourth-order valence-electron chi connectivity index (χ4n) is 1.14. The first-order valence-corrected chi connectivity index (χ1v) is 6.52. The second-order valence-corrected chi connectivity index (χ2v) is 6.92. The zero-order chi connectivity index (χ0) is 13.4. The molecule has 1 aromatic heterocycles. The molecule has 1 aromatic carbocycles. The van der Waals surface area contributed by atoms with Gasteiger partial charge in [-0.2, -0.15) is 0 Å². The van der Waals surface area contributed by atoms with Crippen molar-refractivity contribution in [2.75, 3.05) is 0 Å². The standard InChI is InChI=1S/C9H5Cl5N4/c10-8(11,9(12,13)14)7-15-17-18(16-7)6-4-2-1-3-5-6/h1-5H. The fraction of sp³-hybridized carbons (Fsp3) is 0.222. The summed E-state index contributed by atoms with van der Waals surface area (Å²) in [6.07, 6.45) is 0. The van der Waals surface area contributed by atoms with Crippen LogP contribution in [0.15, 0.2) is 30.3 Å². The van der Waals surface area contributed by atoms with Crippen molar-refractivity contribution in [1.29, 1.82) is 0 Å². The van der Waals surface area contributed by atoms with Gasteiger partial charge in [-0.25, -0.2) is 0 Å². The number of para-hydroxylation sites is 1. The molecule has 2 rings (SSSR count). The van der Waals surface area contributed by atoms with Crippen molar-refractivity contribution in [2.45, 2.75) is 8.13 Å². The molecule has 0 unspecified atom stereocenters. The smallest absolute Gasteiger partial charge is 0.131 e. The van der Waals surface area contributed by atoms with Crippen LogP contribution < -0.4 is 0 Å². The van der Waals surface area contributed by atoms with Crippen molar-refractivity contribution < 1.29 is 0 Å². The topological polar surface area (TPSA) is 43.6 Å². The number of rotatable bonds is 2. The van der Waals surface area contributed by atoms with E-state index in [4.69, 9.17) is 58.0 Å². The summed E-state index contributed by atoms with van der Waals surface area (Å²) in [6, 6.07) is 9.07. The number of halogens is 5. The Morgan fingerprint density at radius 2 is 1.56 bits per heavy atom. The van der Waals surface area contributed by atoms with E-state index in [2.05, 4.69) is 15.4 Å². The third-order valence-corrected chi connectivity index (χ3v) is 4.37. The first-order chi connectivity index (χ1) is 8.32. The number of hydrogen-bond acceptors (Lipinski definition) is 3. The number of benzene rings is 1. The van der Waals surface area contributed by atoms with E-state index in [1.807, 2.05) is 18.2 Å². The van der Waals surface area contributed by atoms with Gasteiger partial charge in [-0.05, 0) is 17.3 Å². The van der Waals surface area contributed by atoms with Gasteiger partial charge in [0.25, 0.3) is 0 Å². The van der Waals surface area contributed by atoms with E-state index in [0.29, 0.717) is 5.69 Å². The Bertz CT molecular complexity index is 533. The highest BCUT2D eigenvalue weighted by molar-refractivity contribution is 6.75. The lowest BCUT2D eigenvalue weighted by Gasteiger charge is -2.23. The summed E-state index contributed by atoms with van der Waals surface area (Å²) in [5, 5.41) is 11.5. The lowest BCUT2D eigenvalue weighted by molar-refractivity contribution is 0.713. The zero-order valence-corrected chi connectivity index (χ0v) is 12.3. The maximum atomic E-state index is 5.93. The highest BCUT2D eigenvalue weighted by atomic mass is 35.6. The van der Waals surface area contributed by atoms with Crippen LogP contribution in [0.2, 0.25) is 0 Å². The highest BCUT2D eigenvalue weighted by Crippen LogP contribution is 2.51. The summed E-state index contributed by atoms with van der Waals surface area (Å²) in [7, 11) is 0. The van der Waals surface area contributed by atoms with Crippen molar-refractivity contribution in [3.05, 3.63) is 36.2 Å². The predicted octanol–water partition coefficient (Wildman–Crippen LogP) is 3.66. The zero-order valence-electron chi connectivity index (χ0n) is 8.57. The molecule has 0 aliphatic rings. The van der Waals surface area contributed by atoms with Crippen LogP contribution in [0.1, 0.15) is 5.82 Å². The molecule has 18 heavy (non-hydrogen) atoms. The summed E-state index contributed by atoms with van der Waals surface area (Å²) in [5.74, 6) is -0.0883. The Morgan fingerprint density at radius 1 is 0.944 bits per heavy atom. The molecule has 0 spiro atoms. The molecule has 1 heterocycles. The van der Waals surface area contributed by atoms with Crippen molar-refractivity contribution in [1.82, 2.24) is 20.2 Å². The summed E-state index contributed by atoms with van der Waals surface area (Å²) < 4.78 is -3.86. The Kier molecular flexibility index (Phi) is 3.95. The molecule has 9 heteroatoms. The predicted molar refractivity (Wildman–Crippen MR) is 72.8 cm³/mol. The van der Waals surface area contributed by atoms with Crippen LogP contribution >= 0.6 is 58.0 Å². The lowest BCUT2D eigenvalue weighted by atomic mass is 10.3. The van der Waals surface area contributed by atoms with Gasteiger partial charge in [0.05, 0.1) is 5.69 Å². The van der Waals surface area contributed by atoms with E-state index in [0.717, 1.165) is 0 Å². The van der Waals surface area contributed by atoms with Gasteiger partial charge in [0.2, 0.25) is 14.0 Å². The quantitative estimate of drug-likeness (QED) is 0.780. The summed E-state index contributed by atoms with van der Waals surface area (Å²) in [4.78, 5) is 1.24. The fourth-order valence-corrected chi connectivity index (χ4v) is 1.54. The van der Waals surface area contributed by atoms with Crippen molar-refractivity contribution >= 4 is 58.0 Å². The molecule has 96 valence electrons. The van der Waals surface area contributed by atoms with Crippen LogP contribution in [0.3, 0.4) is 0 Å². The third kappa shape index (κ3) is 2.68. The van der Waals surface area contributed by atoms with Crippen LogP contribution in [0.5, 0.6) is 0 Å². The van der Waals surface area contributed by atoms with Crippen LogP contribution in [0.4, 0.5) is 0 Å². The van der Waals surface area contributed by atoms with Gasteiger partial charge in [-0.3, -0.25) is 0 Å². The molecular formula is C9H5Cl5N4. The van der Waals surface area contributed by atoms with Gasteiger partial charge in [0.1, 0.15) is 0 Å². The molecule has 0 N–H and O–H groups in total. The Labute approximate surface area is 128 Å². The average molecular weight is 346 g/mol. The maximum absolute atomic E-state index is 5.93. The molecule has 0 aliphatic heterocycles.